The van der Waals surface area contributed by atoms with Crippen LogP contribution >= 0.6 is 23.1 Å². The zero-order chi connectivity index (χ0) is 18.9. The van der Waals surface area contributed by atoms with E-state index >= 15 is 0 Å². The second-order valence-electron chi connectivity index (χ2n) is 6.29. The third-order valence-corrected chi connectivity index (χ3v) is 7.88. The van der Waals surface area contributed by atoms with Crippen molar-refractivity contribution in [3.05, 3.63) is 40.6 Å². The minimum absolute atomic E-state index is 0.0778. The van der Waals surface area contributed by atoms with Crippen molar-refractivity contribution in [1.82, 2.24) is 4.72 Å². The number of carbonyl (C=O) groups is 1. The Morgan fingerprint density at radius 3 is 2.77 bits per heavy atom. The standard InChI is InChI=1S/C18H22N2O3S3/c1-4-15(17-6-5-9-24-17)19-26(22,23)14-7-8-18-16(10-14)20(13(3)21)11-12(2)25-18/h5-10,12,15,19H,4,11H2,1-3H3/t12-,15+/m0/s1. The molecule has 0 radical (unpaired) electrons. The van der Waals surface area contributed by atoms with E-state index in [0.717, 1.165) is 9.77 Å². The molecule has 8 heteroatoms. The van der Waals surface area contributed by atoms with Crippen molar-refractivity contribution >= 4 is 44.7 Å². The lowest BCUT2D eigenvalue weighted by Crippen LogP contribution is -2.37. The number of rotatable bonds is 5. The van der Waals surface area contributed by atoms with Gasteiger partial charge >= 0.3 is 0 Å². The maximum Gasteiger partial charge on any atom is 0.241 e. The fourth-order valence-corrected chi connectivity index (χ4v) is 6.32. The molecule has 140 valence electrons. The van der Waals surface area contributed by atoms with Gasteiger partial charge in [0.25, 0.3) is 0 Å². The smallest absolute Gasteiger partial charge is 0.241 e. The highest BCUT2D eigenvalue weighted by molar-refractivity contribution is 8.00. The first-order valence-electron chi connectivity index (χ1n) is 8.46. The number of benzene rings is 1. The van der Waals surface area contributed by atoms with E-state index in [4.69, 9.17) is 0 Å². The number of thioether (sulfide) groups is 1. The van der Waals surface area contributed by atoms with Crippen molar-refractivity contribution in [1.29, 1.82) is 0 Å². The van der Waals surface area contributed by atoms with Crippen LogP contribution in [0.15, 0.2) is 45.5 Å². The van der Waals surface area contributed by atoms with E-state index in [9.17, 15) is 13.2 Å². The quantitative estimate of drug-likeness (QED) is 0.808. The van der Waals surface area contributed by atoms with Gasteiger partial charge in [0.15, 0.2) is 0 Å². The van der Waals surface area contributed by atoms with Crippen molar-refractivity contribution in [2.45, 2.75) is 48.3 Å². The van der Waals surface area contributed by atoms with E-state index in [1.54, 1.807) is 34.9 Å². The summed E-state index contributed by atoms with van der Waals surface area (Å²) in [5, 5.41) is 2.21. The van der Waals surface area contributed by atoms with Gasteiger partial charge in [-0.2, -0.15) is 0 Å². The van der Waals surface area contributed by atoms with Crippen LogP contribution in [-0.4, -0.2) is 26.1 Å². The summed E-state index contributed by atoms with van der Waals surface area (Å²) < 4.78 is 28.6. The number of nitrogens with one attached hydrogen (secondary N) is 1. The van der Waals surface area contributed by atoms with Crippen LogP contribution in [0, 0.1) is 0 Å². The van der Waals surface area contributed by atoms with Crippen LogP contribution in [0.25, 0.3) is 0 Å². The topological polar surface area (TPSA) is 66.5 Å². The number of nitrogens with zero attached hydrogens (tertiary/aromatic N) is 1. The Kier molecular flexibility index (Phi) is 5.76. The third kappa shape index (κ3) is 3.98. The zero-order valence-electron chi connectivity index (χ0n) is 14.9. The van der Waals surface area contributed by atoms with Crippen molar-refractivity contribution in [2.75, 3.05) is 11.4 Å². The Hall–Kier alpha value is -1.35. The Labute approximate surface area is 162 Å². The number of sulfonamides is 1. The van der Waals surface area contributed by atoms with Crippen LogP contribution in [0.3, 0.4) is 0 Å². The minimum atomic E-state index is -3.68. The van der Waals surface area contributed by atoms with E-state index in [2.05, 4.69) is 11.6 Å². The first-order chi connectivity index (χ1) is 12.3. The number of hydrogen-bond donors (Lipinski definition) is 1. The molecule has 26 heavy (non-hydrogen) atoms. The van der Waals surface area contributed by atoms with E-state index in [1.807, 2.05) is 24.4 Å². The number of hydrogen-bond acceptors (Lipinski definition) is 5. The van der Waals surface area contributed by atoms with Gasteiger partial charge in [-0.05, 0) is 36.1 Å². The lowest BCUT2D eigenvalue weighted by Gasteiger charge is -2.32. The molecule has 0 aliphatic carbocycles. The van der Waals surface area contributed by atoms with Crippen LogP contribution in [0.4, 0.5) is 5.69 Å². The molecule has 1 amide bonds. The van der Waals surface area contributed by atoms with E-state index in [0.29, 0.717) is 18.7 Å². The Morgan fingerprint density at radius 2 is 2.15 bits per heavy atom. The predicted molar refractivity (Wildman–Crippen MR) is 107 cm³/mol. The molecule has 1 aliphatic heterocycles. The number of fused-ring (bicyclic) bond motifs is 1. The molecule has 1 N–H and O–H groups in total. The highest BCUT2D eigenvalue weighted by Gasteiger charge is 2.28. The number of amides is 1. The molecule has 1 aromatic heterocycles. The molecule has 1 aliphatic rings. The van der Waals surface area contributed by atoms with E-state index < -0.39 is 10.0 Å². The molecule has 0 unspecified atom stereocenters. The Balaban J connectivity index is 1.94. The minimum Gasteiger partial charge on any atom is -0.310 e. The second kappa shape index (κ2) is 7.72. The van der Waals surface area contributed by atoms with Gasteiger partial charge in [0.2, 0.25) is 15.9 Å². The first kappa shape index (κ1) is 19.4. The fraction of sp³-hybridized carbons (Fsp3) is 0.389. The molecular weight excluding hydrogens is 388 g/mol. The summed E-state index contributed by atoms with van der Waals surface area (Å²) in [5.41, 5.74) is 0.674. The van der Waals surface area contributed by atoms with Crippen LogP contribution < -0.4 is 9.62 Å². The fourth-order valence-electron chi connectivity index (χ4n) is 2.97. The molecule has 2 heterocycles. The Morgan fingerprint density at radius 1 is 1.38 bits per heavy atom. The summed E-state index contributed by atoms with van der Waals surface area (Å²) in [5.74, 6) is -0.0778. The maximum atomic E-state index is 12.9. The highest BCUT2D eigenvalue weighted by atomic mass is 32.2. The van der Waals surface area contributed by atoms with Gasteiger partial charge in [0.05, 0.1) is 16.6 Å². The second-order valence-corrected chi connectivity index (χ2v) is 10.5. The van der Waals surface area contributed by atoms with Gasteiger partial charge in [0, 0.05) is 28.5 Å². The molecule has 3 rings (SSSR count). The average Bonchev–Trinajstić information content (AvgIpc) is 3.12. The monoisotopic (exact) mass is 410 g/mol. The van der Waals surface area contributed by atoms with Crippen LogP contribution in [0.2, 0.25) is 0 Å². The largest absolute Gasteiger partial charge is 0.310 e. The number of anilines is 1. The summed E-state index contributed by atoms with van der Waals surface area (Å²) in [6.45, 7) is 6.10. The lowest BCUT2D eigenvalue weighted by atomic mass is 10.2. The Bertz CT molecular complexity index is 894. The molecule has 2 atom stereocenters. The molecule has 0 spiro atoms. The average molecular weight is 411 g/mol. The SMILES string of the molecule is CC[C@@H](NS(=O)(=O)c1ccc2c(c1)N(C(C)=O)C[C@H](C)S2)c1cccs1. The summed E-state index contributed by atoms with van der Waals surface area (Å²) in [7, 11) is -3.68. The third-order valence-electron chi connectivity index (χ3n) is 4.27. The normalized spacial score (nSPS) is 18.4. The molecular formula is C18H22N2O3S3. The molecule has 0 saturated heterocycles. The van der Waals surface area contributed by atoms with Crippen molar-refractivity contribution in [3.8, 4) is 0 Å². The molecule has 0 saturated carbocycles. The lowest BCUT2D eigenvalue weighted by molar-refractivity contribution is -0.116. The molecule has 0 fully saturated rings. The first-order valence-corrected chi connectivity index (χ1v) is 11.7. The maximum absolute atomic E-state index is 12.9. The molecule has 2 aromatic rings. The van der Waals surface area contributed by atoms with E-state index in [1.165, 1.54) is 18.3 Å². The molecule has 1 aromatic carbocycles. The van der Waals surface area contributed by atoms with Crippen LogP contribution in [0.1, 0.15) is 38.1 Å². The van der Waals surface area contributed by atoms with E-state index in [-0.39, 0.29) is 22.1 Å². The van der Waals surface area contributed by atoms with Crippen molar-refractivity contribution in [3.63, 3.8) is 0 Å². The van der Waals surface area contributed by atoms with Gasteiger partial charge in [-0.15, -0.1) is 23.1 Å². The number of carbonyl (C=O) groups excluding carboxylic acids is 1. The summed E-state index contributed by atoms with van der Waals surface area (Å²) >= 11 is 3.20. The highest BCUT2D eigenvalue weighted by Crippen LogP contribution is 2.40. The van der Waals surface area contributed by atoms with Gasteiger partial charge in [-0.1, -0.05) is 19.9 Å². The van der Waals surface area contributed by atoms with Gasteiger partial charge in [-0.3, -0.25) is 4.79 Å². The summed E-state index contributed by atoms with van der Waals surface area (Å²) in [6.07, 6.45) is 0.664. The van der Waals surface area contributed by atoms with Gasteiger partial charge in [-0.25, -0.2) is 13.1 Å². The molecule has 0 bridgehead atoms. The zero-order valence-corrected chi connectivity index (χ0v) is 17.4. The summed E-state index contributed by atoms with van der Waals surface area (Å²) in [4.78, 5) is 15.8. The van der Waals surface area contributed by atoms with Crippen LogP contribution in [0.5, 0.6) is 0 Å². The van der Waals surface area contributed by atoms with Crippen molar-refractivity contribution < 1.29 is 13.2 Å². The van der Waals surface area contributed by atoms with Crippen molar-refractivity contribution in [2.24, 2.45) is 0 Å². The number of thiophene rings is 1. The van der Waals surface area contributed by atoms with Crippen LogP contribution in [-0.2, 0) is 14.8 Å². The molecule has 5 nitrogen and oxygen atoms in total. The van der Waals surface area contributed by atoms with Gasteiger partial charge in [0.1, 0.15) is 0 Å². The summed E-state index contributed by atoms with van der Waals surface area (Å²) in [6, 6.07) is 8.62. The van der Waals surface area contributed by atoms with Gasteiger partial charge < -0.3 is 4.90 Å². The predicted octanol–water partition coefficient (Wildman–Crippen LogP) is 4.02.